The number of carbonyl (C=O) groups is 3. The Morgan fingerprint density at radius 2 is 1.72 bits per heavy atom. The van der Waals surface area contributed by atoms with Crippen LogP contribution in [0.2, 0.25) is 10.0 Å². The third-order valence-corrected chi connectivity index (χ3v) is 5.41. The molecular weight excluding hydrogens is 433 g/mol. The van der Waals surface area contributed by atoms with Gasteiger partial charge in [0.2, 0.25) is 5.78 Å². The molecule has 2 aromatic carbocycles. The van der Waals surface area contributed by atoms with Crippen molar-refractivity contribution >= 4 is 57.9 Å². The zero-order valence-corrected chi connectivity index (χ0v) is 17.5. The minimum atomic E-state index is -1.12. The molecule has 1 unspecified atom stereocenters. The Balaban J connectivity index is 1.74. The highest BCUT2D eigenvalue weighted by Crippen LogP contribution is 2.26. The zero-order chi connectivity index (χ0) is 21.0. The van der Waals surface area contributed by atoms with Gasteiger partial charge in [0, 0.05) is 10.6 Å². The third kappa shape index (κ3) is 5.03. The van der Waals surface area contributed by atoms with Gasteiger partial charge in [-0.05, 0) is 42.6 Å². The van der Waals surface area contributed by atoms with E-state index in [0.717, 1.165) is 0 Å². The van der Waals surface area contributed by atoms with Crippen LogP contribution in [0.15, 0.2) is 60.0 Å². The van der Waals surface area contributed by atoms with Gasteiger partial charge in [-0.3, -0.25) is 9.59 Å². The van der Waals surface area contributed by atoms with E-state index in [9.17, 15) is 14.4 Å². The van der Waals surface area contributed by atoms with E-state index >= 15 is 0 Å². The van der Waals surface area contributed by atoms with Crippen LogP contribution >= 0.6 is 34.5 Å². The Morgan fingerprint density at radius 1 is 1.00 bits per heavy atom. The van der Waals surface area contributed by atoms with Gasteiger partial charge in [-0.25, -0.2) is 4.79 Å². The first-order valence-electron chi connectivity index (χ1n) is 8.51. The van der Waals surface area contributed by atoms with Gasteiger partial charge in [-0.1, -0.05) is 47.5 Å². The van der Waals surface area contributed by atoms with Crippen molar-refractivity contribution in [3.05, 3.63) is 86.0 Å². The van der Waals surface area contributed by atoms with Crippen LogP contribution in [0.5, 0.6) is 0 Å². The third-order valence-electron chi connectivity index (χ3n) is 3.98. The van der Waals surface area contributed by atoms with Crippen molar-refractivity contribution in [2.24, 2.45) is 0 Å². The summed E-state index contributed by atoms with van der Waals surface area (Å²) in [6.45, 7) is 1.43. The van der Waals surface area contributed by atoms with Crippen LogP contribution in [0, 0.1) is 0 Å². The van der Waals surface area contributed by atoms with E-state index in [2.05, 4.69) is 5.32 Å². The highest BCUT2D eigenvalue weighted by atomic mass is 35.5. The summed E-state index contributed by atoms with van der Waals surface area (Å²) in [5, 5.41) is 5.05. The number of nitrogens with one attached hydrogen (secondary N) is 1. The number of ketones is 1. The van der Waals surface area contributed by atoms with Gasteiger partial charge < -0.3 is 10.1 Å². The molecule has 29 heavy (non-hydrogen) atoms. The molecule has 1 N–H and O–H groups in total. The van der Waals surface area contributed by atoms with Crippen molar-refractivity contribution in [2.45, 2.75) is 13.0 Å². The molecule has 0 spiro atoms. The fraction of sp³-hybridized carbons (Fsp3) is 0.0952. The first-order chi connectivity index (χ1) is 13.9. The van der Waals surface area contributed by atoms with E-state index < -0.39 is 18.0 Å². The summed E-state index contributed by atoms with van der Waals surface area (Å²) in [5.41, 5.74) is 0.608. The molecule has 3 rings (SSSR count). The summed E-state index contributed by atoms with van der Waals surface area (Å²) < 4.78 is 5.27. The number of amides is 1. The van der Waals surface area contributed by atoms with Gasteiger partial charge in [0.1, 0.15) is 0 Å². The number of hydrogen-bond acceptors (Lipinski definition) is 5. The fourth-order valence-corrected chi connectivity index (χ4v) is 3.52. The Kier molecular flexibility index (Phi) is 6.69. The number of halogens is 2. The minimum absolute atomic E-state index is 0.0892. The smallest absolute Gasteiger partial charge is 0.339 e. The predicted molar refractivity (Wildman–Crippen MR) is 114 cm³/mol. The van der Waals surface area contributed by atoms with Crippen molar-refractivity contribution in [3.8, 4) is 0 Å². The number of ether oxygens (including phenoxy) is 1. The standard InChI is InChI=1S/C21H15Cl2NO4S/c1-12(20(26)24-17-11-13(22)8-9-16(17)23)28-21(27)15-6-3-2-5-14(15)19(25)18-7-4-10-29-18/h2-12H,1H3,(H,24,26). The highest BCUT2D eigenvalue weighted by molar-refractivity contribution is 7.12. The monoisotopic (exact) mass is 447 g/mol. The lowest BCUT2D eigenvalue weighted by Crippen LogP contribution is -2.30. The molecule has 3 aromatic rings. The Morgan fingerprint density at radius 3 is 2.41 bits per heavy atom. The molecule has 1 atom stereocenters. The van der Waals surface area contributed by atoms with Gasteiger partial charge in [0.15, 0.2) is 6.10 Å². The van der Waals surface area contributed by atoms with Crippen LogP contribution in [0.1, 0.15) is 32.5 Å². The number of rotatable bonds is 6. The van der Waals surface area contributed by atoms with Crippen LogP contribution in [0.3, 0.4) is 0 Å². The number of esters is 1. The molecule has 0 aliphatic carbocycles. The van der Waals surface area contributed by atoms with E-state index in [4.69, 9.17) is 27.9 Å². The van der Waals surface area contributed by atoms with Crippen molar-refractivity contribution < 1.29 is 19.1 Å². The van der Waals surface area contributed by atoms with Crippen molar-refractivity contribution in [1.29, 1.82) is 0 Å². The van der Waals surface area contributed by atoms with E-state index in [1.54, 1.807) is 47.8 Å². The second-order valence-corrected chi connectivity index (χ2v) is 7.80. The van der Waals surface area contributed by atoms with E-state index in [0.29, 0.717) is 20.6 Å². The maximum absolute atomic E-state index is 12.7. The van der Waals surface area contributed by atoms with Crippen LogP contribution in [-0.2, 0) is 9.53 Å². The quantitative estimate of drug-likeness (QED) is 0.401. The summed E-state index contributed by atoms with van der Waals surface area (Å²) >= 11 is 13.2. The summed E-state index contributed by atoms with van der Waals surface area (Å²) in [6, 6.07) is 14.4. The summed E-state index contributed by atoms with van der Waals surface area (Å²) in [7, 11) is 0. The molecule has 0 radical (unpaired) electrons. The normalized spacial score (nSPS) is 11.6. The largest absolute Gasteiger partial charge is 0.449 e. The SMILES string of the molecule is CC(OC(=O)c1ccccc1C(=O)c1cccs1)C(=O)Nc1cc(Cl)ccc1Cl. The second-order valence-electron chi connectivity index (χ2n) is 6.01. The molecule has 0 aliphatic rings. The van der Waals surface area contributed by atoms with Crippen LogP contribution < -0.4 is 5.32 Å². The van der Waals surface area contributed by atoms with Gasteiger partial charge in [-0.15, -0.1) is 11.3 Å². The molecular formula is C21H15Cl2NO4S. The van der Waals surface area contributed by atoms with E-state index in [1.807, 2.05) is 0 Å². The molecule has 0 fully saturated rings. The summed E-state index contributed by atoms with van der Waals surface area (Å²) in [5.74, 6) is -1.63. The van der Waals surface area contributed by atoms with Crippen LogP contribution in [0.4, 0.5) is 5.69 Å². The molecule has 5 nitrogen and oxygen atoms in total. The molecule has 1 heterocycles. The first-order valence-corrected chi connectivity index (χ1v) is 10.1. The van der Waals surface area contributed by atoms with Gasteiger partial charge in [0.25, 0.3) is 5.91 Å². The lowest BCUT2D eigenvalue weighted by molar-refractivity contribution is -0.123. The molecule has 148 valence electrons. The minimum Gasteiger partial charge on any atom is -0.449 e. The van der Waals surface area contributed by atoms with Crippen molar-refractivity contribution in [1.82, 2.24) is 0 Å². The average molecular weight is 448 g/mol. The number of anilines is 1. The van der Waals surface area contributed by atoms with Crippen molar-refractivity contribution in [2.75, 3.05) is 5.32 Å². The lowest BCUT2D eigenvalue weighted by atomic mass is 10.0. The molecule has 1 amide bonds. The highest BCUT2D eigenvalue weighted by Gasteiger charge is 2.24. The van der Waals surface area contributed by atoms with Crippen LogP contribution in [-0.4, -0.2) is 23.8 Å². The number of benzene rings is 2. The number of hydrogen-bond donors (Lipinski definition) is 1. The first kappa shape index (κ1) is 21.0. The predicted octanol–water partition coefficient (Wildman–Crippen LogP) is 5.47. The topological polar surface area (TPSA) is 72.5 Å². The zero-order valence-electron chi connectivity index (χ0n) is 15.1. The average Bonchev–Trinajstić information content (AvgIpc) is 3.25. The summed E-state index contributed by atoms with van der Waals surface area (Å²) in [6.07, 6.45) is -1.12. The van der Waals surface area contributed by atoms with Crippen LogP contribution in [0.25, 0.3) is 0 Å². The summed E-state index contributed by atoms with van der Waals surface area (Å²) in [4.78, 5) is 38.2. The lowest BCUT2D eigenvalue weighted by Gasteiger charge is -2.15. The molecule has 0 saturated carbocycles. The fourth-order valence-electron chi connectivity index (χ4n) is 2.50. The molecule has 8 heteroatoms. The molecule has 1 aromatic heterocycles. The maximum atomic E-state index is 12.7. The van der Waals surface area contributed by atoms with Gasteiger partial charge in [-0.2, -0.15) is 0 Å². The second kappa shape index (κ2) is 9.22. The number of thiophene rings is 1. The Hall–Kier alpha value is -2.67. The maximum Gasteiger partial charge on any atom is 0.339 e. The number of carbonyl (C=O) groups excluding carboxylic acids is 3. The molecule has 0 aliphatic heterocycles. The molecule has 0 saturated heterocycles. The van der Waals surface area contributed by atoms with Gasteiger partial charge in [0.05, 0.1) is 21.2 Å². The Labute approximate surface area is 181 Å². The Bertz CT molecular complexity index is 1070. The van der Waals surface area contributed by atoms with Crippen molar-refractivity contribution in [3.63, 3.8) is 0 Å². The van der Waals surface area contributed by atoms with E-state index in [-0.39, 0.29) is 16.9 Å². The van der Waals surface area contributed by atoms with Gasteiger partial charge >= 0.3 is 5.97 Å². The van der Waals surface area contributed by atoms with E-state index in [1.165, 1.54) is 30.4 Å². The molecule has 0 bridgehead atoms.